The number of aryl methyl sites for hydroxylation is 2. The lowest BCUT2D eigenvalue weighted by molar-refractivity contribution is 0.627. The Hall–Kier alpha value is -4.20. The molecule has 3 heterocycles. The first-order chi connectivity index (χ1) is 15.6. The van der Waals surface area contributed by atoms with Crippen LogP contribution in [0.2, 0.25) is 0 Å². The van der Waals surface area contributed by atoms with E-state index in [1.807, 2.05) is 61.5 Å². The average molecular weight is 425 g/mol. The fraction of sp³-hybridized carbons (Fsp3) is 0.125. The van der Waals surface area contributed by atoms with E-state index in [2.05, 4.69) is 25.3 Å². The van der Waals surface area contributed by atoms with Crippen molar-refractivity contribution >= 4 is 22.4 Å². The van der Waals surface area contributed by atoms with Crippen molar-refractivity contribution in [1.29, 1.82) is 0 Å². The first-order valence-electron chi connectivity index (χ1n) is 10.1. The number of anilines is 2. The first kappa shape index (κ1) is 19.7. The van der Waals surface area contributed by atoms with Crippen molar-refractivity contribution in [2.75, 3.05) is 4.90 Å². The number of benzene rings is 2. The molecule has 2 aromatic carbocycles. The normalized spacial score (nSPS) is 11.1. The van der Waals surface area contributed by atoms with Crippen LogP contribution in [-0.2, 0) is 13.6 Å². The molecule has 0 aliphatic carbocycles. The maximum absolute atomic E-state index is 13.6. The van der Waals surface area contributed by atoms with Crippen LogP contribution >= 0.6 is 0 Å². The summed E-state index contributed by atoms with van der Waals surface area (Å²) in [5.41, 5.74) is 5.05. The third kappa shape index (κ3) is 3.90. The van der Waals surface area contributed by atoms with E-state index in [9.17, 15) is 4.39 Å². The van der Waals surface area contributed by atoms with Gasteiger partial charge in [-0.25, -0.2) is 14.4 Å². The zero-order valence-corrected chi connectivity index (χ0v) is 17.6. The Morgan fingerprint density at radius 3 is 2.50 bits per heavy atom. The van der Waals surface area contributed by atoms with E-state index in [0.29, 0.717) is 12.4 Å². The second kappa shape index (κ2) is 8.14. The van der Waals surface area contributed by atoms with Crippen LogP contribution in [-0.4, -0.2) is 29.9 Å². The van der Waals surface area contributed by atoms with Gasteiger partial charge in [0.1, 0.15) is 18.0 Å². The fourth-order valence-electron chi connectivity index (χ4n) is 3.57. The van der Waals surface area contributed by atoms with Crippen LogP contribution in [0.25, 0.3) is 22.2 Å². The smallest absolute Gasteiger partial charge is 0.144 e. The number of nitrogens with zero attached hydrogens (tertiary/aromatic N) is 7. The Morgan fingerprint density at radius 2 is 1.78 bits per heavy atom. The van der Waals surface area contributed by atoms with Crippen LogP contribution in [0.3, 0.4) is 0 Å². The van der Waals surface area contributed by atoms with E-state index in [1.54, 1.807) is 16.8 Å². The maximum Gasteiger partial charge on any atom is 0.144 e. The zero-order valence-electron chi connectivity index (χ0n) is 17.6. The van der Waals surface area contributed by atoms with Gasteiger partial charge in [-0.15, -0.1) is 0 Å². The number of halogens is 1. The summed E-state index contributed by atoms with van der Waals surface area (Å²) in [6.07, 6.45) is 3.45. The highest BCUT2D eigenvalue weighted by Gasteiger charge is 2.17. The van der Waals surface area contributed by atoms with E-state index < -0.39 is 0 Å². The molecule has 8 heteroatoms. The second-order valence-corrected chi connectivity index (χ2v) is 7.53. The third-order valence-corrected chi connectivity index (χ3v) is 5.19. The molecular formula is C24H20FN7. The Balaban J connectivity index is 1.61. The molecule has 0 radical (unpaired) electrons. The fourth-order valence-corrected chi connectivity index (χ4v) is 3.57. The van der Waals surface area contributed by atoms with Gasteiger partial charge in [0, 0.05) is 29.9 Å². The highest BCUT2D eigenvalue weighted by Crippen LogP contribution is 2.32. The van der Waals surface area contributed by atoms with Crippen molar-refractivity contribution in [1.82, 2.24) is 29.9 Å². The molecule has 32 heavy (non-hydrogen) atoms. The summed E-state index contributed by atoms with van der Waals surface area (Å²) in [6.45, 7) is 2.32. The summed E-state index contributed by atoms with van der Waals surface area (Å²) in [4.78, 5) is 11.1. The SMILES string of the molecule is Cc1ccc(CN(c2ccc(F)cc2)c2ncnc3cc(-c4ccn(C)n4)ccc23)nn1. The molecule has 0 N–H and O–H groups in total. The van der Waals surface area contributed by atoms with E-state index in [0.717, 1.165) is 39.2 Å². The lowest BCUT2D eigenvalue weighted by Crippen LogP contribution is -2.19. The average Bonchev–Trinajstić information content (AvgIpc) is 3.25. The molecule has 5 rings (SSSR count). The molecule has 0 aliphatic rings. The first-order valence-corrected chi connectivity index (χ1v) is 10.1. The topological polar surface area (TPSA) is 72.6 Å². The molecule has 0 amide bonds. The second-order valence-electron chi connectivity index (χ2n) is 7.53. The molecule has 7 nitrogen and oxygen atoms in total. The Morgan fingerprint density at radius 1 is 0.938 bits per heavy atom. The number of hydrogen-bond acceptors (Lipinski definition) is 6. The van der Waals surface area contributed by atoms with E-state index in [-0.39, 0.29) is 5.82 Å². The molecule has 0 atom stereocenters. The Bertz CT molecular complexity index is 1380. The number of fused-ring (bicyclic) bond motifs is 1. The van der Waals surface area contributed by atoms with Gasteiger partial charge in [0.2, 0.25) is 0 Å². The minimum atomic E-state index is -0.295. The Labute approximate surface area is 184 Å². The highest BCUT2D eigenvalue weighted by atomic mass is 19.1. The lowest BCUT2D eigenvalue weighted by atomic mass is 10.1. The summed E-state index contributed by atoms with van der Waals surface area (Å²) in [5.74, 6) is 0.410. The summed E-state index contributed by atoms with van der Waals surface area (Å²) in [6, 6.07) is 18.1. The third-order valence-electron chi connectivity index (χ3n) is 5.19. The molecule has 3 aromatic heterocycles. The van der Waals surface area contributed by atoms with Crippen LogP contribution in [0.15, 0.2) is 73.2 Å². The van der Waals surface area contributed by atoms with Gasteiger partial charge in [-0.1, -0.05) is 6.07 Å². The lowest BCUT2D eigenvalue weighted by Gasteiger charge is -2.24. The molecule has 158 valence electrons. The molecule has 5 aromatic rings. The molecule has 0 spiro atoms. The van der Waals surface area contributed by atoms with Gasteiger partial charge in [-0.3, -0.25) is 4.68 Å². The van der Waals surface area contributed by atoms with Crippen LogP contribution in [0.1, 0.15) is 11.4 Å². The van der Waals surface area contributed by atoms with Crippen molar-refractivity contribution in [3.05, 3.63) is 90.4 Å². The summed E-state index contributed by atoms with van der Waals surface area (Å²) < 4.78 is 15.4. The van der Waals surface area contributed by atoms with Crippen molar-refractivity contribution < 1.29 is 4.39 Å². The van der Waals surface area contributed by atoms with Crippen molar-refractivity contribution in [2.45, 2.75) is 13.5 Å². The van der Waals surface area contributed by atoms with Crippen molar-refractivity contribution in [2.24, 2.45) is 7.05 Å². The van der Waals surface area contributed by atoms with Gasteiger partial charge in [0.25, 0.3) is 0 Å². The molecular weight excluding hydrogens is 405 g/mol. The molecule has 0 fully saturated rings. The standard InChI is InChI=1S/C24H20FN7/c1-16-3-7-19(29-28-16)14-32(20-8-5-18(25)6-9-20)24-21-10-4-17(13-23(21)26-15-27-24)22-11-12-31(2)30-22/h3-13,15H,14H2,1-2H3. The van der Waals surface area contributed by atoms with Gasteiger partial charge >= 0.3 is 0 Å². The van der Waals surface area contributed by atoms with Gasteiger partial charge < -0.3 is 4.90 Å². The number of aromatic nitrogens is 6. The monoisotopic (exact) mass is 425 g/mol. The highest BCUT2D eigenvalue weighted by molar-refractivity contribution is 5.93. The molecule has 0 unspecified atom stereocenters. The van der Waals surface area contributed by atoms with Gasteiger partial charge in [-0.2, -0.15) is 15.3 Å². The molecule has 0 aliphatic heterocycles. The van der Waals surface area contributed by atoms with Crippen molar-refractivity contribution in [3.63, 3.8) is 0 Å². The number of rotatable bonds is 5. The van der Waals surface area contributed by atoms with Gasteiger partial charge in [0.05, 0.1) is 29.1 Å². The van der Waals surface area contributed by atoms with Crippen LogP contribution < -0.4 is 4.90 Å². The van der Waals surface area contributed by atoms with Crippen molar-refractivity contribution in [3.8, 4) is 11.3 Å². The largest absolute Gasteiger partial charge is 0.320 e. The predicted molar refractivity (Wildman–Crippen MR) is 121 cm³/mol. The van der Waals surface area contributed by atoms with Gasteiger partial charge in [-0.05, 0) is 61.5 Å². The maximum atomic E-state index is 13.6. The van der Waals surface area contributed by atoms with Crippen LogP contribution in [0.5, 0.6) is 0 Å². The summed E-state index contributed by atoms with van der Waals surface area (Å²) >= 11 is 0. The molecule has 0 bridgehead atoms. The minimum Gasteiger partial charge on any atom is -0.320 e. The predicted octanol–water partition coefficient (Wildman–Crippen LogP) is 4.61. The van der Waals surface area contributed by atoms with Gasteiger partial charge in [0.15, 0.2) is 0 Å². The van der Waals surface area contributed by atoms with E-state index in [4.69, 9.17) is 0 Å². The number of hydrogen-bond donors (Lipinski definition) is 0. The zero-order chi connectivity index (χ0) is 22.1. The Kier molecular flexibility index (Phi) is 5.03. The quantitative estimate of drug-likeness (QED) is 0.410. The van der Waals surface area contributed by atoms with E-state index in [1.165, 1.54) is 18.5 Å². The van der Waals surface area contributed by atoms with E-state index >= 15 is 0 Å². The van der Waals surface area contributed by atoms with Crippen LogP contribution in [0, 0.1) is 12.7 Å². The summed E-state index contributed by atoms with van der Waals surface area (Å²) in [5, 5.41) is 13.8. The summed E-state index contributed by atoms with van der Waals surface area (Å²) in [7, 11) is 1.89. The van der Waals surface area contributed by atoms with Crippen LogP contribution in [0.4, 0.5) is 15.9 Å². The molecule has 0 saturated heterocycles. The molecule has 0 saturated carbocycles. The minimum absolute atomic E-state index is 0.295.